The maximum atomic E-state index is 5.31. The van der Waals surface area contributed by atoms with E-state index in [1.807, 2.05) is 30.3 Å². The van der Waals surface area contributed by atoms with Crippen LogP contribution >= 0.6 is 0 Å². The number of aromatic nitrogens is 4. The highest BCUT2D eigenvalue weighted by Gasteiger charge is 2.08. The molecule has 0 unspecified atom stereocenters. The van der Waals surface area contributed by atoms with Gasteiger partial charge in [0.25, 0.3) is 0 Å². The third-order valence-corrected chi connectivity index (χ3v) is 3.75. The molecule has 0 aliphatic heterocycles. The number of fused-ring (bicyclic) bond motifs is 2. The van der Waals surface area contributed by atoms with Gasteiger partial charge in [0, 0.05) is 17.0 Å². The zero-order chi connectivity index (χ0) is 15.8. The molecule has 2 aromatic carbocycles. The summed E-state index contributed by atoms with van der Waals surface area (Å²) < 4.78 is 10.6. The second kappa shape index (κ2) is 5.24. The van der Waals surface area contributed by atoms with Crippen LogP contribution in [0.5, 0.6) is 11.5 Å². The Balaban J connectivity index is 1.89. The van der Waals surface area contributed by atoms with Crippen LogP contribution in [0.4, 0.5) is 0 Å². The maximum Gasteiger partial charge on any atom is 0.123 e. The topological polar surface area (TPSA) is 72.9 Å². The summed E-state index contributed by atoms with van der Waals surface area (Å²) in [6.07, 6.45) is 3.53. The molecule has 0 aliphatic rings. The molecular formula is C17H14N4O2. The maximum absolute atomic E-state index is 5.31. The number of nitrogens with one attached hydrogen (secondary N) is 1. The van der Waals surface area contributed by atoms with Gasteiger partial charge in [0.2, 0.25) is 0 Å². The average Bonchev–Trinajstić information content (AvgIpc) is 3.05. The number of nitrogens with zero attached hydrogens (tertiary/aromatic N) is 3. The van der Waals surface area contributed by atoms with E-state index in [1.165, 1.54) is 0 Å². The number of hydrogen-bond acceptors (Lipinski definition) is 5. The molecule has 6 nitrogen and oxygen atoms in total. The van der Waals surface area contributed by atoms with E-state index in [2.05, 4.69) is 15.2 Å². The van der Waals surface area contributed by atoms with Gasteiger partial charge in [0.1, 0.15) is 11.5 Å². The molecular weight excluding hydrogens is 292 g/mol. The van der Waals surface area contributed by atoms with Crippen molar-refractivity contribution in [1.82, 2.24) is 20.2 Å². The van der Waals surface area contributed by atoms with Crippen molar-refractivity contribution in [2.45, 2.75) is 0 Å². The molecule has 6 heteroatoms. The van der Waals surface area contributed by atoms with Crippen LogP contribution in [0.3, 0.4) is 0 Å². The monoisotopic (exact) mass is 306 g/mol. The first-order chi connectivity index (χ1) is 11.3. The van der Waals surface area contributed by atoms with Crippen LogP contribution in [0.25, 0.3) is 33.2 Å². The Labute approximate surface area is 132 Å². The van der Waals surface area contributed by atoms with Crippen molar-refractivity contribution in [1.29, 1.82) is 0 Å². The van der Waals surface area contributed by atoms with E-state index in [0.717, 1.165) is 33.2 Å². The van der Waals surface area contributed by atoms with Gasteiger partial charge >= 0.3 is 0 Å². The van der Waals surface area contributed by atoms with Gasteiger partial charge in [0.05, 0.1) is 48.9 Å². The smallest absolute Gasteiger partial charge is 0.123 e. The van der Waals surface area contributed by atoms with Crippen molar-refractivity contribution >= 4 is 21.9 Å². The average molecular weight is 306 g/mol. The molecule has 0 atom stereocenters. The summed E-state index contributed by atoms with van der Waals surface area (Å²) in [5.74, 6) is 1.43. The van der Waals surface area contributed by atoms with Gasteiger partial charge in [0.15, 0.2) is 0 Å². The van der Waals surface area contributed by atoms with Crippen LogP contribution in [-0.2, 0) is 0 Å². The lowest BCUT2D eigenvalue weighted by Crippen LogP contribution is -1.92. The number of H-pyrrole nitrogens is 1. The van der Waals surface area contributed by atoms with Crippen molar-refractivity contribution in [2.24, 2.45) is 0 Å². The molecule has 4 aromatic rings. The van der Waals surface area contributed by atoms with Crippen LogP contribution in [0.1, 0.15) is 0 Å². The van der Waals surface area contributed by atoms with Crippen LogP contribution in [0.2, 0.25) is 0 Å². The third kappa shape index (κ3) is 2.34. The quantitative estimate of drug-likeness (QED) is 0.629. The number of methoxy groups -OCH3 is 2. The van der Waals surface area contributed by atoms with E-state index in [-0.39, 0.29) is 0 Å². The third-order valence-electron chi connectivity index (χ3n) is 3.75. The van der Waals surface area contributed by atoms with Crippen molar-refractivity contribution in [3.05, 3.63) is 42.7 Å². The Hall–Kier alpha value is -3.15. The summed E-state index contributed by atoms with van der Waals surface area (Å²) in [4.78, 5) is 9.22. The normalized spacial score (nSPS) is 11.0. The van der Waals surface area contributed by atoms with Crippen molar-refractivity contribution in [2.75, 3.05) is 14.2 Å². The summed E-state index contributed by atoms with van der Waals surface area (Å²) in [5.41, 5.74) is 4.22. The highest BCUT2D eigenvalue weighted by atomic mass is 16.5. The number of ether oxygens (including phenoxy) is 2. The van der Waals surface area contributed by atoms with Crippen LogP contribution < -0.4 is 9.47 Å². The second-order valence-electron chi connectivity index (χ2n) is 5.15. The summed E-state index contributed by atoms with van der Waals surface area (Å²) in [5, 5.41) is 8.00. The zero-order valence-corrected chi connectivity index (χ0v) is 12.7. The van der Waals surface area contributed by atoms with Crippen molar-refractivity contribution in [3.8, 4) is 22.8 Å². The van der Waals surface area contributed by atoms with Gasteiger partial charge < -0.3 is 9.47 Å². The van der Waals surface area contributed by atoms with E-state index in [9.17, 15) is 0 Å². The molecule has 0 fully saturated rings. The van der Waals surface area contributed by atoms with Gasteiger partial charge in [-0.3, -0.25) is 10.1 Å². The fraction of sp³-hybridized carbons (Fsp3) is 0.118. The molecule has 1 N–H and O–H groups in total. The van der Waals surface area contributed by atoms with Crippen molar-refractivity contribution in [3.63, 3.8) is 0 Å². The zero-order valence-electron chi connectivity index (χ0n) is 12.7. The van der Waals surface area contributed by atoms with Crippen LogP contribution in [0.15, 0.2) is 42.7 Å². The van der Waals surface area contributed by atoms with Gasteiger partial charge in [-0.25, -0.2) is 4.98 Å². The van der Waals surface area contributed by atoms with E-state index in [0.29, 0.717) is 11.5 Å². The predicted molar refractivity (Wildman–Crippen MR) is 87.7 cm³/mol. The molecule has 0 spiro atoms. The van der Waals surface area contributed by atoms with Crippen LogP contribution in [0, 0.1) is 0 Å². The molecule has 2 aromatic heterocycles. The Kier molecular flexibility index (Phi) is 3.08. The Bertz CT molecular complexity index is 988. The fourth-order valence-electron chi connectivity index (χ4n) is 2.54. The Morgan fingerprint density at radius 2 is 1.65 bits per heavy atom. The van der Waals surface area contributed by atoms with Crippen LogP contribution in [-0.4, -0.2) is 34.4 Å². The summed E-state index contributed by atoms with van der Waals surface area (Å²) in [6.45, 7) is 0. The lowest BCUT2D eigenvalue weighted by Gasteiger charge is -2.08. The molecule has 114 valence electrons. The SMILES string of the molecule is COc1cc(OC)cc(-c2cnc3cc4cn[nH]c4cc3n2)c1. The second-order valence-corrected chi connectivity index (χ2v) is 5.15. The summed E-state index contributed by atoms with van der Waals surface area (Å²) in [7, 11) is 3.25. The minimum atomic E-state index is 0.713. The highest BCUT2D eigenvalue weighted by Crippen LogP contribution is 2.29. The summed E-state index contributed by atoms with van der Waals surface area (Å²) in [6, 6.07) is 9.56. The molecule has 2 heterocycles. The fourth-order valence-corrected chi connectivity index (χ4v) is 2.54. The first kappa shape index (κ1) is 13.5. The van der Waals surface area contributed by atoms with E-state index >= 15 is 0 Å². The first-order valence-corrected chi connectivity index (χ1v) is 7.10. The molecule has 0 radical (unpaired) electrons. The largest absolute Gasteiger partial charge is 0.497 e. The molecule has 23 heavy (non-hydrogen) atoms. The summed E-state index contributed by atoms with van der Waals surface area (Å²) >= 11 is 0. The minimum absolute atomic E-state index is 0.713. The Morgan fingerprint density at radius 1 is 0.870 bits per heavy atom. The Morgan fingerprint density at radius 3 is 2.39 bits per heavy atom. The lowest BCUT2D eigenvalue weighted by molar-refractivity contribution is 0.394. The van der Waals surface area contributed by atoms with E-state index < -0.39 is 0 Å². The number of aromatic amines is 1. The minimum Gasteiger partial charge on any atom is -0.497 e. The van der Waals surface area contributed by atoms with E-state index in [1.54, 1.807) is 26.6 Å². The number of hydrogen-bond donors (Lipinski definition) is 1. The van der Waals surface area contributed by atoms with E-state index in [4.69, 9.17) is 14.5 Å². The molecule has 0 aliphatic carbocycles. The highest BCUT2D eigenvalue weighted by molar-refractivity contribution is 5.93. The van der Waals surface area contributed by atoms with Gasteiger partial charge in [-0.15, -0.1) is 0 Å². The molecule has 0 saturated carbocycles. The molecule has 0 saturated heterocycles. The number of rotatable bonds is 3. The standard InChI is InChI=1S/C17H14N4O2/c1-22-12-3-10(4-13(6-12)23-2)17-9-18-15-5-11-8-19-21-14(11)7-16(15)20-17/h3-9H,1-2H3,(H,19,21). The van der Waals surface area contributed by atoms with Crippen molar-refractivity contribution < 1.29 is 9.47 Å². The van der Waals surface area contributed by atoms with Gasteiger partial charge in [-0.1, -0.05) is 0 Å². The molecule has 0 amide bonds. The first-order valence-electron chi connectivity index (χ1n) is 7.10. The molecule has 0 bridgehead atoms. The lowest BCUT2D eigenvalue weighted by atomic mass is 10.1. The van der Waals surface area contributed by atoms with Gasteiger partial charge in [-0.05, 0) is 24.3 Å². The molecule has 4 rings (SSSR count). The van der Waals surface area contributed by atoms with Gasteiger partial charge in [-0.2, -0.15) is 5.10 Å². The number of benzene rings is 2. The predicted octanol–water partition coefficient (Wildman–Crippen LogP) is 3.19.